The lowest BCUT2D eigenvalue weighted by Crippen LogP contribution is -2.38. The van der Waals surface area contributed by atoms with Gasteiger partial charge in [-0.2, -0.15) is 5.10 Å². The third-order valence-corrected chi connectivity index (χ3v) is 6.03. The molecule has 2 aliphatic rings. The van der Waals surface area contributed by atoms with Gasteiger partial charge in [0, 0.05) is 50.2 Å². The van der Waals surface area contributed by atoms with Gasteiger partial charge in [0.2, 0.25) is 5.91 Å². The molecule has 6 heteroatoms. The molecule has 0 bridgehead atoms. The number of amides is 1. The summed E-state index contributed by atoms with van der Waals surface area (Å²) in [4.78, 5) is 14.7. The van der Waals surface area contributed by atoms with Crippen molar-refractivity contribution in [3.05, 3.63) is 46.8 Å². The second kappa shape index (κ2) is 8.35. The van der Waals surface area contributed by atoms with Crippen LogP contribution in [0.1, 0.15) is 47.7 Å². The summed E-state index contributed by atoms with van der Waals surface area (Å²) in [7, 11) is 3.70. The fourth-order valence-corrected chi connectivity index (χ4v) is 4.41. The summed E-state index contributed by atoms with van der Waals surface area (Å²) in [5.74, 6) is 1.51. The molecule has 150 valence electrons. The van der Waals surface area contributed by atoms with Crippen molar-refractivity contribution in [2.45, 2.75) is 44.6 Å². The minimum Gasteiger partial charge on any atom is -0.497 e. The molecule has 6 nitrogen and oxygen atoms in total. The van der Waals surface area contributed by atoms with Crippen molar-refractivity contribution in [1.29, 1.82) is 0 Å². The number of nitrogens with zero attached hydrogens (tertiary/aromatic N) is 3. The first-order valence-electron chi connectivity index (χ1n) is 10.2. The molecule has 1 aromatic carbocycles. The fourth-order valence-electron chi connectivity index (χ4n) is 4.41. The van der Waals surface area contributed by atoms with Gasteiger partial charge in [-0.15, -0.1) is 0 Å². The number of likely N-dealkylation sites (tertiary alicyclic amines) is 1. The zero-order chi connectivity index (χ0) is 19.5. The first-order valence-corrected chi connectivity index (χ1v) is 10.2. The van der Waals surface area contributed by atoms with Crippen molar-refractivity contribution in [3.63, 3.8) is 0 Å². The summed E-state index contributed by atoms with van der Waals surface area (Å²) in [6.07, 6.45) is 4.20. The van der Waals surface area contributed by atoms with Crippen LogP contribution in [0.2, 0.25) is 0 Å². The number of ether oxygens (including phenoxy) is 2. The second-order valence-electron chi connectivity index (χ2n) is 7.74. The monoisotopic (exact) mass is 383 g/mol. The van der Waals surface area contributed by atoms with E-state index >= 15 is 0 Å². The molecular weight excluding hydrogens is 354 g/mol. The normalized spacial score (nSPS) is 17.4. The molecule has 1 amide bonds. The number of methoxy groups -OCH3 is 1. The number of fused-ring (bicyclic) bond motifs is 1. The summed E-state index contributed by atoms with van der Waals surface area (Å²) in [6.45, 7) is 3.09. The molecule has 28 heavy (non-hydrogen) atoms. The van der Waals surface area contributed by atoms with Crippen LogP contribution in [0.15, 0.2) is 24.3 Å². The molecule has 0 N–H and O–H groups in total. The Morgan fingerprint density at radius 3 is 2.93 bits per heavy atom. The average molecular weight is 383 g/mol. The maximum absolute atomic E-state index is 12.7. The number of carbonyl (C=O) groups is 1. The Hall–Kier alpha value is -2.34. The van der Waals surface area contributed by atoms with Crippen molar-refractivity contribution < 1.29 is 14.3 Å². The number of benzene rings is 1. The van der Waals surface area contributed by atoms with Gasteiger partial charge in [-0.25, -0.2) is 0 Å². The van der Waals surface area contributed by atoms with Crippen LogP contribution in [0.5, 0.6) is 5.75 Å². The van der Waals surface area contributed by atoms with E-state index in [9.17, 15) is 4.79 Å². The zero-order valence-corrected chi connectivity index (χ0v) is 16.8. The first kappa shape index (κ1) is 19.0. The highest BCUT2D eigenvalue weighted by atomic mass is 16.5. The van der Waals surface area contributed by atoms with E-state index in [0.717, 1.165) is 56.7 Å². The maximum atomic E-state index is 12.7. The lowest BCUT2D eigenvalue weighted by Gasteiger charge is -2.32. The van der Waals surface area contributed by atoms with E-state index in [1.54, 1.807) is 7.11 Å². The Morgan fingerprint density at radius 1 is 1.32 bits per heavy atom. The molecule has 0 radical (unpaired) electrons. The van der Waals surface area contributed by atoms with Gasteiger partial charge in [-0.1, -0.05) is 12.1 Å². The largest absolute Gasteiger partial charge is 0.497 e. The highest BCUT2D eigenvalue weighted by Gasteiger charge is 2.29. The van der Waals surface area contributed by atoms with Crippen molar-refractivity contribution in [2.24, 2.45) is 7.05 Å². The summed E-state index contributed by atoms with van der Waals surface area (Å²) >= 11 is 0. The summed E-state index contributed by atoms with van der Waals surface area (Å²) < 4.78 is 13.0. The minimum atomic E-state index is 0.243. The highest BCUT2D eigenvalue weighted by Crippen LogP contribution is 2.33. The van der Waals surface area contributed by atoms with Gasteiger partial charge in [-0.3, -0.25) is 9.48 Å². The lowest BCUT2D eigenvalue weighted by molar-refractivity contribution is -0.132. The van der Waals surface area contributed by atoms with Crippen LogP contribution >= 0.6 is 0 Å². The molecular formula is C22H29N3O3. The summed E-state index contributed by atoms with van der Waals surface area (Å²) in [5, 5.41) is 4.80. The molecule has 0 unspecified atom stereocenters. The number of piperidine rings is 1. The van der Waals surface area contributed by atoms with E-state index in [-0.39, 0.29) is 5.91 Å². The molecule has 1 fully saturated rings. The molecule has 1 saturated heterocycles. The smallest absolute Gasteiger partial charge is 0.222 e. The van der Waals surface area contributed by atoms with E-state index in [2.05, 4.69) is 0 Å². The predicted molar refractivity (Wildman–Crippen MR) is 106 cm³/mol. The standard InChI is InChI=1S/C22H29N3O3/c1-24-20-10-13-28-15-19(20)22(23-24)17-8-11-25(12-9-17)21(26)7-6-16-4-3-5-18(14-16)27-2/h3-5,14,17H,6-13,15H2,1-2H3. The van der Waals surface area contributed by atoms with Gasteiger partial charge in [0.05, 0.1) is 26.0 Å². The molecule has 4 rings (SSSR count). The second-order valence-corrected chi connectivity index (χ2v) is 7.74. The lowest BCUT2D eigenvalue weighted by atomic mass is 9.90. The quantitative estimate of drug-likeness (QED) is 0.797. The number of aromatic nitrogens is 2. The molecule has 2 aromatic rings. The fraction of sp³-hybridized carbons (Fsp3) is 0.545. The predicted octanol–water partition coefficient (Wildman–Crippen LogP) is 2.84. The molecule has 2 aliphatic heterocycles. The number of hydrogen-bond donors (Lipinski definition) is 0. The van der Waals surface area contributed by atoms with Crippen LogP contribution in [0.25, 0.3) is 0 Å². The Morgan fingerprint density at radius 2 is 2.14 bits per heavy atom. The van der Waals surface area contributed by atoms with Crippen LogP contribution in [-0.2, 0) is 36.0 Å². The topological polar surface area (TPSA) is 56.6 Å². The number of aryl methyl sites for hydroxylation is 2. The number of hydrogen-bond acceptors (Lipinski definition) is 4. The zero-order valence-electron chi connectivity index (χ0n) is 16.8. The SMILES string of the molecule is COc1cccc(CCC(=O)N2CCC(c3nn(C)c4c3COCC4)CC2)c1. The van der Waals surface area contributed by atoms with Gasteiger partial charge in [0.25, 0.3) is 0 Å². The molecule has 1 aromatic heterocycles. The van der Waals surface area contributed by atoms with Crippen LogP contribution in [0, 0.1) is 0 Å². The Bertz CT molecular complexity index is 838. The van der Waals surface area contributed by atoms with Crippen LogP contribution in [0.4, 0.5) is 0 Å². The van der Waals surface area contributed by atoms with Gasteiger partial charge in [0.15, 0.2) is 0 Å². The maximum Gasteiger partial charge on any atom is 0.222 e. The van der Waals surface area contributed by atoms with Gasteiger partial charge < -0.3 is 14.4 Å². The van der Waals surface area contributed by atoms with Crippen LogP contribution < -0.4 is 4.74 Å². The van der Waals surface area contributed by atoms with Crippen molar-refractivity contribution in [2.75, 3.05) is 26.8 Å². The number of rotatable bonds is 5. The summed E-state index contributed by atoms with van der Waals surface area (Å²) in [6, 6.07) is 7.96. The number of carbonyl (C=O) groups excluding carboxylic acids is 1. The third-order valence-electron chi connectivity index (χ3n) is 6.03. The molecule has 0 atom stereocenters. The van der Waals surface area contributed by atoms with E-state index in [1.807, 2.05) is 40.9 Å². The van der Waals surface area contributed by atoms with Gasteiger partial charge in [-0.05, 0) is 37.0 Å². The Balaban J connectivity index is 1.32. The van der Waals surface area contributed by atoms with Crippen molar-refractivity contribution >= 4 is 5.91 Å². The molecule has 0 saturated carbocycles. The van der Waals surface area contributed by atoms with E-state index < -0.39 is 0 Å². The van der Waals surface area contributed by atoms with Crippen LogP contribution in [0.3, 0.4) is 0 Å². The summed E-state index contributed by atoms with van der Waals surface area (Å²) in [5.41, 5.74) is 4.94. The van der Waals surface area contributed by atoms with Gasteiger partial charge >= 0.3 is 0 Å². The van der Waals surface area contributed by atoms with Gasteiger partial charge in [0.1, 0.15) is 5.75 Å². The molecule has 3 heterocycles. The molecule has 0 spiro atoms. The van der Waals surface area contributed by atoms with E-state index in [1.165, 1.54) is 17.0 Å². The van der Waals surface area contributed by atoms with Crippen molar-refractivity contribution in [3.8, 4) is 5.75 Å². The van der Waals surface area contributed by atoms with Crippen molar-refractivity contribution in [1.82, 2.24) is 14.7 Å². The Kier molecular flexibility index (Phi) is 5.67. The van der Waals surface area contributed by atoms with Crippen LogP contribution in [-0.4, -0.2) is 47.4 Å². The minimum absolute atomic E-state index is 0.243. The van der Waals surface area contributed by atoms with E-state index in [4.69, 9.17) is 14.6 Å². The third kappa shape index (κ3) is 3.92. The molecule has 0 aliphatic carbocycles. The first-order chi connectivity index (χ1) is 13.7. The Labute approximate surface area is 166 Å². The van der Waals surface area contributed by atoms with E-state index in [0.29, 0.717) is 18.9 Å². The highest BCUT2D eigenvalue weighted by molar-refractivity contribution is 5.76. The average Bonchev–Trinajstić information content (AvgIpc) is 3.09.